The summed E-state index contributed by atoms with van der Waals surface area (Å²) in [5, 5.41) is 1.31. The largest absolute Gasteiger partial charge is 0.362 e. The van der Waals surface area contributed by atoms with E-state index in [0.29, 0.717) is 0 Å². The fraction of sp³-hybridized carbons (Fsp3) is 0.364. The van der Waals surface area contributed by atoms with E-state index in [0.717, 1.165) is 6.42 Å². The van der Waals surface area contributed by atoms with Gasteiger partial charge in [-0.05, 0) is 24.5 Å². The number of ether oxygens (including phenoxy) is 1. The molecule has 2 heterocycles. The second kappa shape index (κ2) is 5.49. The Bertz CT molecular complexity index is 858. The van der Waals surface area contributed by atoms with E-state index < -0.39 is 0 Å². The Hall–Kier alpha value is -2.06. The molecule has 1 atom stereocenters. The quantitative estimate of drug-likeness (QED) is 0.627. The van der Waals surface area contributed by atoms with Gasteiger partial charge in [0.2, 0.25) is 0 Å². The number of rotatable bonds is 1. The third-order valence-corrected chi connectivity index (χ3v) is 5.82. The molecule has 0 radical (unpaired) electrons. The van der Waals surface area contributed by atoms with Crippen LogP contribution in [0.5, 0.6) is 0 Å². The van der Waals surface area contributed by atoms with Crippen LogP contribution >= 0.6 is 0 Å². The van der Waals surface area contributed by atoms with Crippen LogP contribution in [-0.4, -0.2) is 10.6 Å². The van der Waals surface area contributed by atoms with Gasteiger partial charge >= 0.3 is 0 Å². The molecule has 24 heavy (non-hydrogen) atoms. The number of hydrogen-bond acceptors (Lipinski definition) is 1. The lowest BCUT2D eigenvalue weighted by Gasteiger charge is -2.44. The fourth-order valence-corrected chi connectivity index (χ4v) is 4.68. The average molecular weight is 317 g/mol. The van der Waals surface area contributed by atoms with Crippen molar-refractivity contribution in [3.8, 4) is 0 Å². The molecule has 1 fully saturated rings. The minimum Gasteiger partial charge on any atom is -0.362 e. The number of nitrogens with one attached hydrogen (secondary N) is 1. The Morgan fingerprint density at radius 2 is 1.62 bits per heavy atom. The van der Waals surface area contributed by atoms with E-state index >= 15 is 0 Å². The van der Waals surface area contributed by atoms with Crippen molar-refractivity contribution in [3.05, 3.63) is 71.4 Å². The van der Waals surface area contributed by atoms with Gasteiger partial charge in [0.15, 0.2) is 0 Å². The maximum atomic E-state index is 6.87. The molecule has 0 bridgehead atoms. The second-order valence-corrected chi connectivity index (χ2v) is 7.39. The van der Waals surface area contributed by atoms with E-state index in [1.165, 1.54) is 59.8 Å². The number of aromatic nitrogens is 1. The van der Waals surface area contributed by atoms with Crippen LogP contribution < -0.4 is 0 Å². The molecular weight excluding hydrogens is 294 g/mol. The van der Waals surface area contributed by atoms with Gasteiger partial charge in [-0.25, -0.2) is 0 Å². The molecule has 1 aromatic heterocycles. The molecule has 1 saturated carbocycles. The van der Waals surface area contributed by atoms with E-state index in [9.17, 15) is 0 Å². The smallest absolute Gasteiger partial charge is 0.111 e. The van der Waals surface area contributed by atoms with Crippen LogP contribution in [0.25, 0.3) is 10.9 Å². The van der Waals surface area contributed by atoms with E-state index in [1.807, 2.05) is 0 Å². The molecule has 0 unspecified atom stereocenters. The summed E-state index contributed by atoms with van der Waals surface area (Å²) in [7, 11) is 0. The first-order valence-corrected chi connectivity index (χ1v) is 9.17. The number of para-hydroxylation sites is 1. The summed E-state index contributed by atoms with van der Waals surface area (Å²) < 4.78 is 6.87. The Balaban J connectivity index is 1.70. The van der Waals surface area contributed by atoms with Crippen molar-refractivity contribution < 1.29 is 4.74 Å². The van der Waals surface area contributed by atoms with Crippen molar-refractivity contribution in [2.75, 3.05) is 0 Å². The molecule has 1 spiro atoms. The molecule has 2 aromatic carbocycles. The normalized spacial score (nSPS) is 22.6. The number of hydrogen-bond donors (Lipinski definition) is 1. The van der Waals surface area contributed by atoms with E-state index in [4.69, 9.17) is 4.74 Å². The highest BCUT2D eigenvalue weighted by atomic mass is 16.5. The number of aromatic amines is 1. The summed E-state index contributed by atoms with van der Waals surface area (Å²) in [5.41, 5.74) is 5.27. The van der Waals surface area contributed by atoms with Gasteiger partial charge in [0.1, 0.15) is 6.10 Å². The Morgan fingerprint density at radius 1 is 0.875 bits per heavy atom. The molecular formula is C22H23NO. The van der Waals surface area contributed by atoms with E-state index in [1.54, 1.807) is 0 Å². The lowest BCUT2D eigenvalue weighted by atomic mass is 9.77. The highest BCUT2D eigenvalue weighted by Crippen LogP contribution is 2.48. The molecule has 122 valence electrons. The number of H-pyrrole nitrogens is 1. The van der Waals surface area contributed by atoms with Gasteiger partial charge in [-0.2, -0.15) is 0 Å². The molecule has 2 nitrogen and oxygen atoms in total. The first kappa shape index (κ1) is 14.3. The standard InChI is InChI=1S/C22H23NO/c1-3-9-16(10-4-1)21-20-17-11-5-6-12-18(17)23-19(20)15-22(24-21)13-7-2-8-14-22/h1,3-6,9-12,21,23H,2,7-8,13-15H2/t21-/m1/s1. The topological polar surface area (TPSA) is 25.0 Å². The van der Waals surface area contributed by atoms with E-state index in [-0.39, 0.29) is 11.7 Å². The van der Waals surface area contributed by atoms with Crippen LogP contribution in [0.4, 0.5) is 0 Å². The third kappa shape index (κ3) is 2.21. The number of fused-ring (bicyclic) bond motifs is 3. The van der Waals surface area contributed by atoms with Gasteiger partial charge < -0.3 is 9.72 Å². The van der Waals surface area contributed by atoms with Crippen molar-refractivity contribution in [2.45, 2.75) is 50.2 Å². The Labute approximate surface area is 142 Å². The molecule has 0 saturated heterocycles. The van der Waals surface area contributed by atoms with E-state index in [2.05, 4.69) is 59.6 Å². The summed E-state index contributed by atoms with van der Waals surface area (Å²) in [6.07, 6.45) is 7.37. The van der Waals surface area contributed by atoms with Gasteiger partial charge in [0.25, 0.3) is 0 Å². The summed E-state index contributed by atoms with van der Waals surface area (Å²) in [6.45, 7) is 0. The summed E-state index contributed by atoms with van der Waals surface area (Å²) >= 11 is 0. The molecule has 1 N–H and O–H groups in total. The maximum Gasteiger partial charge on any atom is 0.111 e. The van der Waals surface area contributed by atoms with Crippen molar-refractivity contribution in [3.63, 3.8) is 0 Å². The molecule has 5 rings (SSSR count). The monoisotopic (exact) mass is 317 g/mol. The highest BCUT2D eigenvalue weighted by Gasteiger charge is 2.42. The molecule has 1 aliphatic heterocycles. The SMILES string of the molecule is c1ccc([C@H]2OC3(CCCCC3)Cc3[nH]c4ccccc4c32)cc1. The Kier molecular flexibility index (Phi) is 3.27. The minimum absolute atomic E-state index is 0.0205. The van der Waals surface area contributed by atoms with Gasteiger partial charge in [-0.1, -0.05) is 67.8 Å². The predicted molar refractivity (Wildman–Crippen MR) is 97.2 cm³/mol. The van der Waals surface area contributed by atoms with Crippen LogP contribution in [0.15, 0.2) is 54.6 Å². The number of benzene rings is 2. The lowest BCUT2D eigenvalue weighted by Crippen LogP contribution is -2.42. The maximum absolute atomic E-state index is 6.87. The first-order chi connectivity index (χ1) is 11.8. The summed E-state index contributed by atoms with van der Waals surface area (Å²) in [5.74, 6) is 0. The Morgan fingerprint density at radius 3 is 2.46 bits per heavy atom. The van der Waals surface area contributed by atoms with Gasteiger partial charge in [0, 0.05) is 28.6 Å². The van der Waals surface area contributed by atoms with Crippen molar-refractivity contribution in [1.29, 1.82) is 0 Å². The predicted octanol–water partition coefficient (Wildman–Crippen LogP) is 5.53. The molecule has 3 aromatic rings. The van der Waals surface area contributed by atoms with Crippen LogP contribution in [0, 0.1) is 0 Å². The molecule has 2 aliphatic rings. The summed E-state index contributed by atoms with van der Waals surface area (Å²) in [6, 6.07) is 19.4. The van der Waals surface area contributed by atoms with Crippen molar-refractivity contribution >= 4 is 10.9 Å². The summed E-state index contributed by atoms with van der Waals surface area (Å²) in [4.78, 5) is 3.71. The van der Waals surface area contributed by atoms with Gasteiger partial charge in [-0.15, -0.1) is 0 Å². The van der Waals surface area contributed by atoms with Crippen LogP contribution in [0.3, 0.4) is 0 Å². The van der Waals surface area contributed by atoms with Crippen molar-refractivity contribution in [1.82, 2.24) is 4.98 Å². The lowest BCUT2D eigenvalue weighted by molar-refractivity contribution is -0.112. The minimum atomic E-state index is 0.0205. The second-order valence-electron chi connectivity index (χ2n) is 7.39. The first-order valence-electron chi connectivity index (χ1n) is 9.17. The molecule has 1 aliphatic carbocycles. The van der Waals surface area contributed by atoms with Gasteiger partial charge in [0.05, 0.1) is 5.60 Å². The van der Waals surface area contributed by atoms with Crippen LogP contribution in [0.1, 0.15) is 55.0 Å². The van der Waals surface area contributed by atoms with Crippen LogP contribution in [-0.2, 0) is 11.2 Å². The zero-order chi connectivity index (χ0) is 16.0. The third-order valence-electron chi connectivity index (χ3n) is 5.82. The van der Waals surface area contributed by atoms with Gasteiger partial charge in [-0.3, -0.25) is 0 Å². The average Bonchev–Trinajstić information content (AvgIpc) is 3.00. The molecule has 2 heteroatoms. The van der Waals surface area contributed by atoms with Crippen LogP contribution in [0.2, 0.25) is 0 Å². The van der Waals surface area contributed by atoms with Crippen molar-refractivity contribution in [2.24, 2.45) is 0 Å². The molecule has 0 amide bonds. The highest BCUT2D eigenvalue weighted by molar-refractivity contribution is 5.85. The zero-order valence-electron chi connectivity index (χ0n) is 13.9. The fourth-order valence-electron chi connectivity index (χ4n) is 4.68. The zero-order valence-corrected chi connectivity index (χ0v) is 13.9.